The average molecular weight is 297 g/mol. The minimum absolute atomic E-state index is 0.506. The van der Waals surface area contributed by atoms with E-state index in [1.54, 1.807) is 11.6 Å². The Kier molecular flexibility index (Phi) is 3.53. The van der Waals surface area contributed by atoms with Crippen LogP contribution in [0.5, 0.6) is 0 Å². The number of aromatic nitrogens is 1. The maximum atomic E-state index is 5.48. The molecule has 0 bridgehead atoms. The van der Waals surface area contributed by atoms with E-state index >= 15 is 0 Å². The second-order valence-electron chi connectivity index (χ2n) is 3.00. The molecular weight excluding hydrogens is 288 g/mol. The molecule has 0 aliphatic heterocycles. The van der Waals surface area contributed by atoms with Crippen molar-refractivity contribution in [1.82, 2.24) is 4.98 Å². The van der Waals surface area contributed by atoms with Gasteiger partial charge < -0.3 is 5.73 Å². The molecule has 1 aromatic heterocycles. The molecule has 0 fully saturated rings. The molecule has 0 amide bonds. The highest BCUT2D eigenvalue weighted by molar-refractivity contribution is 9.10. The van der Waals surface area contributed by atoms with E-state index < -0.39 is 0 Å². The lowest BCUT2D eigenvalue weighted by molar-refractivity contribution is 1.29. The summed E-state index contributed by atoms with van der Waals surface area (Å²) in [6.07, 6.45) is 1.73. The van der Waals surface area contributed by atoms with Gasteiger partial charge in [-0.15, -0.1) is 11.3 Å². The molecule has 6 heteroatoms. The predicted octanol–water partition coefficient (Wildman–Crippen LogP) is 2.93. The summed E-state index contributed by atoms with van der Waals surface area (Å²) in [5.74, 6) is 0.506. The van der Waals surface area contributed by atoms with Gasteiger partial charge in [-0.05, 0) is 17.7 Å². The van der Waals surface area contributed by atoms with E-state index in [-0.39, 0.29) is 0 Å². The lowest BCUT2D eigenvalue weighted by atomic mass is 10.2. The first-order valence-corrected chi connectivity index (χ1v) is 6.17. The van der Waals surface area contributed by atoms with E-state index in [1.807, 2.05) is 24.3 Å². The van der Waals surface area contributed by atoms with Crippen LogP contribution in [0.25, 0.3) is 0 Å². The monoisotopic (exact) mass is 296 g/mol. The summed E-state index contributed by atoms with van der Waals surface area (Å²) < 4.78 is 1.05. The number of rotatable bonds is 3. The highest BCUT2D eigenvalue weighted by Crippen LogP contribution is 2.16. The van der Waals surface area contributed by atoms with Gasteiger partial charge in [-0.1, -0.05) is 28.1 Å². The van der Waals surface area contributed by atoms with Crippen molar-refractivity contribution in [2.24, 2.45) is 5.10 Å². The van der Waals surface area contributed by atoms with E-state index in [1.165, 1.54) is 11.3 Å². The van der Waals surface area contributed by atoms with Gasteiger partial charge in [-0.25, -0.2) is 4.98 Å². The van der Waals surface area contributed by atoms with E-state index in [2.05, 4.69) is 31.4 Å². The van der Waals surface area contributed by atoms with Gasteiger partial charge in [0.2, 0.25) is 5.13 Å². The van der Waals surface area contributed by atoms with Crippen molar-refractivity contribution < 1.29 is 0 Å². The van der Waals surface area contributed by atoms with Crippen molar-refractivity contribution in [2.75, 3.05) is 11.2 Å². The van der Waals surface area contributed by atoms with Crippen molar-refractivity contribution in [2.45, 2.75) is 0 Å². The van der Waals surface area contributed by atoms with Crippen LogP contribution in [0, 0.1) is 0 Å². The maximum Gasteiger partial charge on any atom is 0.205 e. The molecule has 16 heavy (non-hydrogen) atoms. The van der Waals surface area contributed by atoms with Gasteiger partial charge in [0, 0.05) is 9.85 Å². The number of thiazole rings is 1. The first-order valence-electron chi connectivity index (χ1n) is 4.50. The molecule has 82 valence electrons. The Labute approximate surface area is 105 Å². The SMILES string of the molecule is Nc1csc(NN=Cc2ccc(Br)cc2)n1. The van der Waals surface area contributed by atoms with Crippen molar-refractivity contribution in [1.29, 1.82) is 0 Å². The summed E-state index contributed by atoms with van der Waals surface area (Å²) in [4.78, 5) is 4.02. The first-order chi connectivity index (χ1) is 7.74. The molecule has 1 aromatic carbocycles. The fourth-order valence-corrected chi connectivity index (χ4v) is 1.86. The number of hydrazone groups is 1. The minimum atomic E-state index is 0.506. The molecule has 0 unspecified atom stereocenters. The average Bonchev–Trinajstić information content (AvgIpc) is 2.67. The van der Waals surface area contributed by atoms with E-state index in [9.17, 15) is 0 Å². The molecule has 2 rings (SSSR count). The summed E-state index contributed by atoms with van der Waals surface area (Å²) in [5.41, 5.74) is 9.31. The minimum Gasteiger partial charge on any atom is -0.383 e. The van der Waals surface area contributed by atoms with E-state index in [0.29, 0.717) is 10.9 Å². The Balaban J connectivity index is 1.97. The van der Waals surface area contributed by atoms with Gasteiger partial charge in [0.25, 0.3) is 0 Å². The van der Waals surface area contributed by atoms with Crippen molar-refractivity contribution in [3.05, 3.63) is 39.7 Å². The van der Waals surface area contributed by atoms with Crippen molar-refractivity contribution in [3.8, 4) is 0 Å². The number of nitrogen functional groups attached to an aromatic ring is 1. The Bertz CT molecular complexity index is 492. The number of hydrogen-bond donors (Lipinski definition) is 2. The zero-order valence-corrected chi connectivity index (χ0v) is 10.6. The number of anilines is 2. The van der Waals surface area contributed by atoms with E-state index in [4.69, 9.17) is 5.73 Å². The third kappa shape index (κ3) is 3.04. The van der Waals surface area contributed by atoms with Crippen LogP contribution < -0.4 is 11.2 Å². The van der Waals surface area contributed by atoms with Crippen molar-refractivity contribution in [3.63, 3.8) is 0 Å². The third-order valence-electron chi connectivity index (χ3n) is 1.77. The third-order valence-corrected chi connectivity index (χ3v) is 3.06. The number of benzene rings is 1. The highest BCUT2D eigenvalue weighted by Gasteiger charge is 1.94. The predicted molar refractivity (Wildman–Crippen MR) is 71.9 cm³/mol. The normalized spacial score (nSPS) is 10.8. The lowest BCUT2D eigenvalue weighted by Crippen LogP contribution is -1.90. The molecule has 0 radical (unpaired) electrons. The highest BCUT2D eigenvalue weighted by atomic mass is 79.9. The Morgan fingerprint density at radius 1 is 1.38 bits per heavy atom. The van der Waals surface area contributed by atoms with Gasteiger partial charge in [0.15, 0.2) is 0 Å². The van der Waals surface area contributed by atoms with Crippen LogP contribution in [-0.4, -0.2) is 11.2 Å². The summed E-state index contributed by atoms with van der Waals surface area (Å²) in [6.45, 7) is 0. The van der Waals surface area contributed by atoms with Crippen molar-refractivity contribution >= 4 is 44.4 Å². The second-order valence-corrected chi connectivity index (χ2v) is 4.77. The Morgan fingerprint density at radius 3 is 2.75 bits per heavy atom. The molecule has 0 saturated carbocycles. The molecule has 4 nitrogen and oxygen atoms in total. The quantitative estimate of drug-likeness (QED) is 0.676. The fourth-order valence-electron chi connectivity index (χ4n) is 1.05. The Hall–Kier alpha value is -1.40. The first kappa shape index (κ1) is 11.1. The van der Waals surface area contributed by atoms with Crippen LogP contribution in [0.3, 0.4) is 0 Å². The van der Waals surface area contributed by atoms with E-state index in [0.717, 1.165) is 10.0 Å². The molecule has 0 aliphatic rings. The van der Waals surface area contributed by atoms with Crippen LogP contribution >= 0.6 is 27.3 Å². The zero-order chi connectivity index (χ0) is 11.4. The fraction of sp³-hybridized carbons (Fsp3) is 0. The molecule has 0 saturated heterocycles. The largest absolute Gasteiger partial charge is 0.383 e. The summed E-state index contributed by atoms with van der Waals surface area (Å²) in [6, 6.07) is 7.85. The van der Waals surface area contributed by atoms with Gasteiger partial charge in [-0.2, -0.15) is 5.10 Å². The number of halogens is 1. The number of nitrogens with one attached hydrogen (secondary N) is 1. The number of nitrogens with zero attached hydrogens (tertiary/aromatic N) is 2. The molecule has 1 heterocycles. The van der Waals surface area contributed by atoms with Crippen LogP contribution in [0.2, 0.25) is 0 Å². The topological polar surface area (TPSA) is 63.3 Å². The second kappa shape index (κ2) is 5.09. The van der Waals surface area contributed by atoms with Crippen LogP contribution in [-0.2, 0) is 0 Å². The maximum absolute atomic E-state index is 5.48. The van der Waals surface area contributed by atoms with Gasteiger partial charge in [0.05, 0.1) is 6.21 Å². The summed E-state index contributed by atoms with van der Waals surface area (Å²) in [5, 5.41) is 6.50. The molecular formula is C10H9BrN4S. The molecule has 2 aromatic rings. The number of nitrogens with two attached hydrogens (primary N) is 1. The summed E-state index contributed by atoms with van der Waals surface area (Å²) in [7, 11) is 0. The zero-order valence-electron chi connectivity index (χ0n) is 8.22. The standard InChI is InChI=1S/C10H9BrN4S/c11-8-3-1-7(2-4-8)5-13-15-10-14-9(12)6-16-10/h1-6H,12H2,(H,14,15). The number of hydrogen-bond acceptors (Lipinski definition) is 5. The molecule has 0 atom stereocenters. The molecule has 0 spiro atoms. The molecule has 0 aliphatic carbocycles. The van der Waals surface area contributed by atoms with Crippen LogP contribution in [0.4, 0.5) is 10.9 Å². The summed E-state index contributed by atoms with van der Waals surface area (Å²) >= 11 is 4.79. The lowest BCUT2D eigenvalue weighted by Gasteiger charge is -1.94. The van der Waals surface area contributed by atoms with Gasteiger partial charge in [-0.3, -0.25) is 5.43 Å². The molecule has 3 N–H and O–H groups in total. The van der Waals surface area contributed by atoms with Crippen LogP contribution in [0.1, 0.15) is 5.56 Å². The smallest absolute Gasteiger partial charge is 0.205 e. The Morgan fingerprint density at radius 2 is 2.12 bits per heavy atom. The van der Waals surface area contributed by atoms with Gasteiger partial charge >= 0.3 is 0 Å². The van der Waals surface area contributed by atoms with Gasteiger partial charge in [0.1, 0.15) is 5.82 Å². The van der Waals surface area contributed by atoms with Crippen LogP contribution in [0.15, 0.2) is 39.2 Å².